The molecule has 0 aliphatic carbocycles. The number of hydrogen-bond donors (Lipinski definition) is 2. The Bertz CT molecular complexity index is 1180. The fourth-order valence-electron chi connectivity index (χ4n) is 2.42. The molecule has 0 fully saturated rings. The quantitative estimate of drug-likeness (QED) is 0.535. The third kappa shape index (κ3) is 3.42. The number of halogens is 1. The van der Waals surface area contributed by atoms with E-state index in [0.717, 1.165) is 18.2 Å². The SMILES string of the molecule is Nc1cccc2c(NS(=O)(=O)c3cccc(S(=O)(=O)F)c3)cccc12. The first-order chi connectivity index (χ1) is 11.7. The third-order valence-corrected chi connectivity index (χ3v) is 5.78. The van der Waals surface area contributed by atoms with E-state index >= 15 is 0 Å². The van der Waals surface area contributed by atoms with Crippen LogP contribution in [0.2, 0.25) is 0 Å². The number of sulfonamides is 1. The Labute approximate surface area is 144 Å². The minimum atomic E-state index is -5.01. The predicted molar refractivity (Wildman–Crippen MR) is 93.9 cm³/mol. The van der Waals surface area contributed by atoms with Crippen molar-refractivity contribution in [1.29, 1.82) is 0 Å². The van der Waals surface area contributed by atoms with Crippen LogP contribution in [0.5, 0.6) is 0 Å². The average molecular weight is 380 g/mol. The molecule has 130 valence electrons. The third-order valence-electron chi connectivity index (χ3n) is 3.60. The van der Waals surface area contributed by atoms with Gasteiger partial charge in [0.05, 0.1) is 15.5 Å². The lowest BCUT2D eigenvalue weighted by Gasteiger charge is -2.12. The molecule has 0 spiro atoms. The van der Waals surface area contributed by atoms with E-state index in [1.54, 1.807) is 36.4 Å². The summed E-state index contributed by atoms with van der Waals surface area (Å²) < 4.78 is 62.6. The standard InChI is InChI=1S/C16H13FN2O4S2/c17-24(20,21)11-4-1-5-12(10-11)25(22,23)19-16-9-3-6-13-14(16)7-2-8-15(13)18/h1-10,19H,18H2. The summed E-state index contributed by atoms with van der Waals surface area (Å²) in [7, 11) is -9.13. The molecular weight excluding hydrogens is 367 g/mol. The molecule has 0 unspecified atom stereocenters. The highest BCUT2D eigenvalue weighted by Crippen LogP contribution is 2.29. The Hall–Kier alpha value is -2.65. The minimum absolute atomic E-state index is 0.276. The van der Waals surface area contributed by atoms with Crippen LogP contribution >= 0.6 is 0 Å². The van der Waals surface area contributed by atoms with Gasteiger partial charge in [-0.1, -0.05) is 30.3 Å². The van der Waals surface area contributed by atoms with Gasteiger partial charge in [0.1, 0.15) is 0 Å². The van der Waals surface area contributed by atoms with Crippen LogP contribution in [0.3, 0.4) is 0 Å². The van der Waals surface area contributed by atoms with Crippen molar-refractivity contribution in [2.24, 2.45) is 0 Å². The van der Waals surface area contributed by atoms with E-state index in [1.165, 1.54) is 6.07 Å². The molecule has 3 rings (SSSR count). The van der Waals surface area contributed by atoms with Crippen molar-refractivity contribution in [3.05, 3.63) is 60.7 Å². The molecule has 3 aromatic rings. The molecule has 0 aromatic heterocycles. The Morgan fingerprint density at radius 2 is 1.40 bits per heavy atom. The highest BCUT2D eigenvalue weighted by Gasteiger charge is 2.20. The van der Waals surface area contributed by atoms with Crippen molar-refractivity contribution < 1.29 is 20.7 Å². The summed E-state index contributed by atoms with van der Waals surface area (Å²) in [5.74, 6) is 0. The second-order valence-corrected chi connectivity index (χ2v) is 8.30. The van der Waals surface area contributed by atoms with Gasteiger partial charge in [-0.05, 0) is 30.3 Å². The molecule has 0 heterocycles. The maximum atomic E-state index is 13.1. The van der Waals surface area contributed by atoms with Crippen LogP contribution in [0.15, 0.2) is 70.5 Å². The molecule has 25 heavy (non-hydrogen) atoms. The summed E-state index contributed by atoms with van der Waals surface area (Å²) in [6, 6.07) is 14.1. The molecule has 0 radical (unpaired) electrons. The van der Waals surface area contributed by atoms with Gasteiger partial charge in [0.15, 0.2) is 0 Å². The summed E-state index contributed by atoms with van der Waals surface area (Å²) >= 11 is 0. The Balaban J connectivity index is 2.08. The molecular formula is C16H13FN2O4S2. The first-order valence-corrected chi connectivity index (χ1v) is 9.90. The van der Waals surface area contributed by atoms with Crippen molar-refractivity contribution in [3.8, 4) is 0 Å². The largest absolute Gasteiger partial charge is 0.398 e. The molecule has 0 atom stereocenters. The first-order valence-electron chi connectivity index (χ1n) is 7.03. The predicted octanol–water partition coefficient (Wildman–Crippen LogP) is 2.88. The highest BCUT2D eigenvalue weighted by molar-refractivity contribution is 7.92. The van der Waals surface area contributed by atoms with Gasteiger partial charge >= 0.3 is 10.2 Å². The maximum Gasteiger partial charge on any atom is 0.332 e. The lowest BCUT2D eigenvalue weighted by atomic mass is 10.1. The lowest BCUT2D eigenvalue weighted by molar-refractivity contribution is 0.552. The van der Waals surface area contributed by atoms with E-state index in [-0.39, 0.29) is 10.6 Å². The number of nitrogens with two attached hydrogens (primary N) is 1. The van der Waals surface area contributed by atoms with Crippen LogP contribution < -0.4 is 10.5 Å². The van der Waals surface area contributed by atoms with Gasteiger partial charge in [-0.3, -0.25) is 4.72 Å². The molecule has 0 aliphatic heterocycles. The zero-order chi connectivity index (χ0) is 18.2. The van der Waals surface area contributed by atoms with Crippen LogP contribution in [0.25, 0.3) is 10.8 Å². The Morgan fingerprint density at radius 3 is 2.12 bits per heavy atom. The zero-order valence-electron chi connectivity index (χ0n) is 12.7. The fourth-order valence-corrected chi connectivity index (χ4v) is 4.13. The number of benzene rings is 3. The van der Waals surface area contributed by atoms with Crippen LogP contribution in [-0.2, 0) is 20.2 Å². The lowest BCUT2D eigenvalue weighted by Crippen LogP contribution is -2.13. The number of anilines is 2. The van der Waals surface area contributed by atoms with E-state index in [9.17, 15) is 20.7 Å². The summed E-state index contributed by atoms with van der Waals surface area (Å²) in [6.07, 6.45) is 0. The van der Waals surface area contributed by atoms with Crippen LogP contribution in [0.4, 0.5) is 15.3 Å². The Morgan fingerprint density at radius 1 is 0.800 bits per heavy atom. The molecule has 0 aliphatic rings. The van der Waals surface area contributed by atoms with Crippen molar-refractivity contribution >= 4 is 42.4 Å². The summed E-state index contributed by atoms with van der Waals surface area (Å²) in [5.41, 5.74) is 6.65. The van der Waals surface area contributed by atoms with Gasteiger partial charge in [0.25, 0.3) is 10.0 Å². The van der Waals surface area contributed by atoms with E-state index in [2.05, 4.69) is 4.72 Å². The summed E-state index contributed by atoms with van der Waals surface area (Å²) in [4.78, 5) is -1.09. The number of nitrogens with one attached hydrogen (secondary N) is 1. The van der Waals surface area contributed by atoms with Crippen molar-refractivity contribution in [3.63, 3.8) is 0 Å². The Kier molecular flexibility index (Phi) is 4.13. The molecule has 6 nitrogen and oxygen atoms in total. The van der Waals surface area contributed by atoms with Gasteiger partial charge in [-0.2, -0.15) is 8.42 Å². The topological polar surface area (TPSA) is 106 Å². The molecule has 3 aromatic carbocycles. The van der Waals surface area contributed by atoms with Crippen molar-refractivity contribution in [2.45, 2.75) is 9.79 Å². The first kappa shape index (κ1) is 17.2. The fraction of sp³-hybridized carbons (Fsp3) is 0. The molecule has 0 saturated carbocycles. The second-order valence-electron chi connectivity index (χ2n) is 5.27. The highest BCUT2D eigenvalue weighted by atomic mass is 32.3. The van der Waals surface area contributed by atoms with E-state index in [1.807, 2.05) is 0 Å². The van der Waals surface area contributed by atoms with Gasteiger partial charge in [-0.25, -0.2) is 8.42 Å². The second kappa shape index (κ2) is 6.01. The van der Waals surface area contributed by atoms with Crippen LogP contribution in [-0.4, -0.2) is 16.8 Å². The van der Waals surface area contributed by atoms with E-state index < -0.39 is 25.1 Å². The van der Waals surface area contributed by atoms with Gasteiger partial charge in [-0.15, -0.1) is 3.89 Å². The van der Waals surface area contributed by atoms with E-state index in [0.29, 0.717) is 16.5 Å². The number of nitrogen functional groups attached to an aromatic ring is 1. The smallest absolute Gasteiger partial charge is 0.332 e. The van der Waals surface area contributed by atoms with Crippen molar-refractivity contribution in [1.82, 2.24) is 0 Å². The van der Waals surface area contributed by atoms with Gasteiger partial charge in [0.2, 0.25) is 0 Å². The number of fused-ring (bicyclic) bond motifs is 1. The molecule has 0 saturated heterocycles. The monoisotopic (exact) mass is 380 g/mol. The molecule has 9 heteroatoms. The van der Waals surface area contributed by atoms with Crippen LogP contribution in [0.1, 0.15) is 0 Å². The maximum absolute atomic E-state index is 13.1. The molecule has 3 N–H and O–H groups in total. The van der Waals surface area contributed by atoms with Crippen LogP contribution in [0, 0.1) is 0 Å². The zero-order valence-corrected chi connectivity index (χ0v) is 14.3. The average Bonchev–Trinajstić information content (AvgIpc) is 2.55. The van der Waals surface area contributed by atoms with Crippen molar-refractivity contribution in [2.75, 3.05) is 10.5 Å². The normalized spacial score (nSPS) is 12.2. The summed E-state index contributed by atoms with van der Waals surface area (Å²) in [6.45, 7) is 0. The van der Waals surface area contributed by atoms with E-state index in [4.69, 9.17) is 5.73 Å². The van der Waals surface area contributed by atoms with Gasteiger partial charge in [0, 0.05) is 16.5 Å². The number of hydrogen-bond acceptors (Lipinski definition) is 5. The molecule has 0 amide bonds. The molecule has 0 bridgehead atoms. The number of rotatable bonds is 4. The minimum Gasteiger partial charge on any atom is -0.398 e. The summed E-state index contributed by atoms with van der Waals surface area (Å²) in [5, 5.41) is 1.25. The van der Waals surface area contributed by atoms with Gasteiger partial charge < -0.3 is 5.73 Å².